The van der Waals surface area contributed by atoms with Crippen LogP contribution in [-0.2, 0) is 16.0 Å². The molecule has 0 fully saturated rings. The van der Waals surface area contributed by atoms with Crippen LogP contribution in [0.4, 0.5) is 0 Å². The first-order valence-corrected chi connectivity index (χ1v) is 7.32. The third-order valence-corrected chi connectivity index (χ3v) is 3.59. The summed E-state index contributed by atoms with van der Waals surface area (Å²) in [7, 11) is 1.52. The van der Waals surface area contributed by atoms with Crippen LogP contribution in [0.2, 0.25) is 0 Å². The van der Waals surface area contributed by atoms with Crippen molar-refractivity contribution in [3.63, 3.8) is 0 Å². The molecule has 1 aromatic carbocycles. The number of hydrogen-bond acceptors (Lipinski definition) is 4. The SMILES string of the molecule is COc1ccc2[nH]c(C(=O)O)c(CCNC(=O)CCC(=O)O)c2c1. The number of aromatic amines is 1. The Kier molecular flexibility index (Phi) is 5.41. The Bertz CT molecular complexity index is 780. The summed E-state index contributed by atoms with van der Waals surface area (Å²) in [6.07, 6.45) is -0.0487. The quantitative estimate of drug-likeness (QED) is 0.577. The molecule has 0 atom stereocenters. The Morgan fingerprint density at radius 2 is 1.96 bits per heavy atom. The molecule has 2 aromatic rings. The second kappa shape index (κ2) is 7.49. The van der Waals surface area contributed by atoms with Gasteiger partial charge in [0, 0.05) is 23.9 Å². The van der Waals surface area contributed by atoms with Gasteiger partial charge in [-0.3, -0.25) is 9.59 Å². The molecule has 0 radical (unpaired) electrons. The van der Waals surface area contributed by atoms with Gasteiger partial charge in [-0.1, -0.05) is 0 Å². The molecule has 1 amide bonds. The van der Waals surface area contributed by atoms with Crippen LogP contribution in [0.25, 0.3) is 10.9 Å². The predicted octanol–water partition coefficient (Wildman–Crippen LogP) is 1.40. The number of hydrogen-bond donors (Lipinski definition) is 4. The number of aromatic carboxylic acids is 1. The van der Waals surface area contributed by atoms with Crippen LogP contribution in [0.3, 0.4) is 0 Å². The number of amides is 1. The molecule has 0 saturated carbocycles. The van der Waals surface area contributed by atoms with E-state index in [1.54, 1.807) is 18.2 Å². The van der Waals surface area contributed by atoms with E-state index in [1.165, 1.54) is 7.11 Å². The molecular weight excluding hydrogens is 316 g/mol. The van der Waals surface area contributed by atoms with E-state index >= 15 is 0 Å². The fraction of sp³-hybridized carbons (Fsp3) is 0.312. The first-order chi connectivity index (χ1) is 11.4. The minimum absolute atomic E-state index is 0.0676. The summed E-state index contributed by atoms with van der Waals surface area (Å²) in [6, 6.07) is 5.19. The highest BCUT2D eigenvalue weighted by molar-refractivity contribution is 5.98. The van der Waals surface area contributed by atoms with Crippen molar-refractivity contribution in [3.8, 4) is 5.75 Å². The van der Waals surface area contributed by atoms with Crippen molar-refractivity contribution >= 4 is 28.7 Å². The van der Waals surface area contributed by atoms with Crippen molar-refractivity contribution < 1.29 is 29.3 Å². The third kappa shape index (κ3) is 4.03. The Balaban J connectivity index is 2.14. The van der Waals surface area contributed by atoms with Gasteiger partial charge >= 0.3 is 11.9 Å². The molecule has 8 nitrogen and oxygen atoms in total. The smallest absolute Gasteiger partial charge is 0.352 e. The maximum atomic E-state index is 11.5. The average Bonchev–Trinajstić information content (AvgIpc) is 2.91. The largest absolute Gasteiger partial charge is 0.497 e. The number of aromatic nitrogens is 1. The minimum atomic E-state index is -1.09. The Morgan fingerprint density at radius 3 is 2.58 bits per heavy atom. The molecule has 24 heavy (non-hydrogen) atoms. The van der Waals surface area contributed by atoms with Crippen LogP contribution in [0.15, 0.2) is 18.2 Å². The Labute approximate surface area is 137 Å². The number of carbonyl (C=O) groups excluding carboxylic acids is 1. The maximum absolute atomic E-state index is 11.5. The number of methoxy groups -OCH3 is 1. The molecule has 0 aliphatic carbocycles. The van der Waals surface area contributed by atoms with Gasteiger partial charge in [-0.2, -0.15) is 0 Å². The molecule has 0 bridgehead atoms. The molecule has 8 heteroatoms. The number of aliphatic carboxylic acids is 1. The Hall–Kier alpha value is -3.03. The zero-order valence-corrected chi connectivity index (χ0v) is 13.1. The standard InChI is InChI=1S/C16H18N2O6/c1-24-9-2-3-12-11(8-9)10(15(18-12)16(22)23)6-7-17-13(19)4-5-14(20)21/h2-3,8,18H,4-7H2,1H3,(H,17,19)(H,20,21)(H,22,23). The number of carbonyl (C=O) groups is 3. The van der Waals surface area contributed by atoms with Gasteiger partial charge in [-0.05, 0) is 30.2 Å². The Morgan fingerprint density at radius 1 is 1.21 bits per heavy atom. The summed E-state index contributed by atoms with van der Waals surface area (Å²) >= 11 is 0. The summed E-state index contributed by atoms with van der Waals surface area (Å²) in [5.74, 6) is -1.91. The van der Waals surface area contributed by atoms with Crippen LogP contribution in [0.1, 0.15) is 28.9 Å². The van der Waals surface area contributed by atoms with Crippen molar-refractivity contribution in [3.05, 3.63) is 29.5 Å². The van der Waals surface area contributed by atoms with Crippen LogP contribution in [0.5, 0.6) is 5.75 Å². The molecule has 2 rings (SSSR count). The van der Waals surface area contributed by atoms with E-state index in [0.29, 0.717) is 28.6 Å². The first-order valence-electron chi connectivity index (χ1n) is 7.32. The molecule has 0 saturated heterocycles. The van der Waals surface area contributed by atoms with Gasteiger partial charge in [0.1, 0.15) is 11.4 Å². The van der Waals surface area contributed by atoms with Crippen molar-refractivity contribution in [1.29, 1.82) is 0 Å². The molecule has 1 aromatic heterocycles. The van der Waals surface area contributed by atoms with Crippen molar-refractivity contribution in [2.45, 2.75) is 19.3 Å². The van der Waals surface area contributed by atoms with Gasteiger partial charge < -0.3 is 25.3 Å². The molecule has 0 spiro atoms. The molecule has 1 heterocycles. The summed E-state index contributed by atoms with van der Waals surface area (Å²) in [5.41, 5.74) is 1.30. The monoisotopic (exact) mass is 334 g/mol. The van der Waals surface area contributed by atoms with E-state index in [2.05, 4.69) is 10.3 Å². The lowest BCUT2D eigenvalue weighted by Crippen LogP contribution is -2.26. The minimum Gasteiger partial charge on any atom is -0.497 e. The second-order valence-corrected chi connectivity index (χ2v) is 5.19. The summed E-state index contributed by atoms with van der Waals surface area (Å²) in [4.78, 5) is 36.2. The van der Waals surface area contributed by atoms with E-state index in [9.17, 15) is 19.5 Å². The average molecular weight is 334 g/mol. The van der Waals surface area contributed by atoms with Gasteiger partial charge in [-0.25, -0.2) is 4.79 Å². The number of benzene rings is 1. The molecule has 0 aliphatic rings. The van der Waals surface area contributed by atoms with E-state index in [-0.39, 0.29) is 31.0 Å². The highest BCUT2D eigenvalue weighted by Crippen LogP contribution is 2.27. The van der Waals surface area contributed by atoms with Crippen LogP contribution < -0.4 is 10.1 Å². The number of ether oxygens (including phenoxy) is 1. The first kappa shape index (κ1) is 17.3. The van der Waals surface area contributed by atoms with E-state index < -0.39 is 11.9 Å². The van der Waals surface area contributed by atoms with Gasteiger partial charge in [0.25, 0.3) is 0 Å². The summed E-state index contributed by atoms with van der Waals surface area (Å²) < 4.78 is 5.16. The van der Waals surface area contributed by atoms with E-state index in [0.717, 1.165) is 0 Å². The number of H-pyrrole nitrogens is 1. The topological polar surface area (TPSA) is 129 Å². The van der Waals surface area contributed by atoms with Crippen LogP contribution in [-0.4, -0.2) is 46.7 Å². The lowest BCUT2D eigenvalue weighted by Gasteiger charge is -2.06. The molecule has 4 N–H and O–H groups in total. The molecular formula is C16H18N2O6. The summed E-state index contributed by atoms with van der Waals surface area (Å²) in [6.45, 7) is 0.211. The number of fused-ring (bicyclic) bond motifs is 1. The molecule has 128 valence electrons. The second-order valence-electron chi connectivity index (χ2n) is 5.19. The lowest BCUT2D eigenvalue weighted by molar-refractivity contribution is -0.138. The number of rotatable bonds is 8. The highest BCUT2D eigenvalue weighted by Gasteiger charge is 2.17. The van der Waals surface area contributed by atoms with E-state index in [1.807, 2.05) is 0 Å². The number of carboxylic acid groups (broad SMARTS) is 2. The van der Waals surface area contributed by atoms with Crippen molar-refractivity contribution in [2.24, 2.45) is 0 Å². The van der Waals surface area contributed by atoms with Crippen LogP contribution >= 0.6 is 0 Å². The van der Waals surface area contributed by atoms with Gasteiger partial charge in [0.05, 0.1) is 13.5 Å². The highest BCUT2D eigenvalue weighted by atomic mass is 16.5. The van der Waals surface area contributed by atoms with Crippen LogP contribution in [0, 0.1) is 0 Å². The fourth-order valence-electron chi connectivity index (χ4n) is 2.43. The molecule has 0 aliphatic heterocycles. The summed E-state index contributed by atoms with van der Waals surface area (Å²) in [5, 5.41) is 21.2. The molecule has 0 unspecified atom stereocenters. The maximum Gasteiger partial charge on any atom is 0.352 e. The van der Waals surface area contributed by atoms with Gasteiger partial charge in [-0.15, -0.1) is 0 Å². The zero-order valence-electron chi connectivity index (χ0n) is 13.1. The number of nitrogens with one attached hydrogen (secondary N) is 2. The normalized spacial score (nSPS) is 10.5. The van der Waals surface area contributed by atoms with E-state index in [4.69, 9.17) is 9.84 Å². The predicted molar refractivity (Wildman–Crippen MR) is 85.4 cm³/mol. The third-order valence-electron chi connectivity index (χ3n) is 3.59. The lowest BCUT2D eigenvalue weighted by atomic mass is 10.1. The van der Waals surface area contributed by atoms with Gasteiger partial charge in [0.2, 0.25) is 5.91 Å². The van der Waals surface area contributed by atoms with Crippen molar-refractivity contribution in [2.75, 3.05) is 13.7 Å². The fourth-order valence-corrected chi connectivity index (χ4v) is 2.43. The van der Waals surface area contributed by atoms with Crippen molar-refractivity contribution in [1.82, 2.24) is 10.3 Å². The number of carboxylic acids is 2. The zero-order chi connectivity index (χ0) is 17.7. The van der Waals surface area contributed by atoms with Gasteiger partial charge in [0.15, 0.2) is 0 Å².